The van der Waals surface area contributed by atoms with Gasteiger partial charge in [0.25, 0.3) is 5.91 Å². The number of oxime groups is 1. The lowest BCUT2D eigenvalue weighted by Gasteiger charge is -2.24. The van der Waals surface area contributed by atoms with Crippen LogP contribution in [-0.2, 0) is 11.4 Å². The summed E-state index contributed by atoms with van der Waals surface area (Å²) < 4.78 is 32.7. The lowest BCUT2D eigenvalue weighted by molar-refractivity contribution is 0.0385. The van der Waals surface area contributed by atoms with Crippen molar-refractivity contribution in [2.45, 2.75) is 26.0 Å². The van der Waals surface area contributed by atoms with Gasteiger partial charge in [0.15, 0.2) is 11.9 Å². The zero-order chi connectivity index (χ0) is 21.1. The number of nitrogens with zero attached hydrogens (tertiary/aromatic N) is 2. The van der Waals surface area contributed by atoms with E-state index in [0.29, 0.717) is 6.42 Å². The Balaban J connectivity index is 1.52. The Morgan fingerprint density at radius 3 is 2.73 bits per heavy atom. The summed E-state index contributed by atoms with van der Waals surface area (Å²) in [6.07, 6.45) is 1.52. The molecule has 0 N–H and O–H groups in total. The van der Waals surface area contributed by atoms with E-state index in [4.69, 9.17) is 9.25 Å². The quantitative estimate of drug-likeness (QED) is 0.592. The molecule has 0 bridgehead atoms. The van der Waals surface area contributed by atoms with Gasteiger partial charge < -0.3 is 14.2 Å². The number of benzene rings is 2. The molecule has 5 nitrogen and oxygen atoms in total. The summed E-state index contributed by atoms with van der Waals surface area (Å²) in [5, 5.41) is 4.19. The van der Waals surface area contributed by atoms with E-state index in [0.717, 1.165) is 22.9 Å². The zero-order valence-electron chi connectivity index (χ0n) is 16.3. The fourth-order valence-corrected chi connectivity index (χ4v) is 3.46. The number of carbonyl (C=O) groups excluding carboxylic acids is 1. The summed E-state index contributed by atoms with van der Waals surface area (Å²) >= 11 is 0. The van der Waals surface area contributed by atoms with Crippen molar-refractivity contribution in [3.05, 3.63) is 94.9 Å². The Morgan fingerprint density at radius 2 is 2.00 bits per heavy atom. The first-order chi connectivity index (χ1) is 14.5. The van der Waals surface area contributed by atoms with Crippen molar-refractivity contribution in [1.29, 1.82) is 0 Å². The van der Waals surface area contributed by atoms with Crippen molar-refractivity contribution in [1.82, 2.24) is 4.90 Å². The molecule has 1 amide bonds. The summed E-state index contributed by atoms with van der Waals surface area (Å²) in [7, 11) is 0. The molecule has 0 aliphatic carbocycles. The van der Waals surface area contributed by atoms with Crippen LogP contribution in [-0.4, -0.2) is 29.2 Å². The van der Waals surface area contributed by atoms with Crippen LogP contribution >= 0.6 is 0 Å². The maximum Gasteiger partial charge on any atom is 0.289 e. The molecule has 154 valence electrons. The summed E-state index contributed by atoms with van der Waals surface area (Å²) in [4.78, 5) is 19.9. The fraction of sp³-hybridized carbons (Fsp3) is 0.217. The average molecular weight is 410 g/mol. The van der Waals surface area contributed by atoms with E-state index in [1.165, 1.54) is 23.3 Å². The highest BCUT2D eigenvalue weighted by molar-refractivity contribution is 6.02. The van der Waals surface area contributed by atoms with Gasteiger partial charge in [-0.05, 0) is 30.7 Å². The van der Waals surface area contributed by atoms with E-state index in [1.54, 1.807) is 12.1 Å². The normalized spacial score (nSPS) is 15.6. The summed E-state index contributed by atoms with van der Waals surface area (Å²) in [5.41, 5.74) is 3.08. The largest absolute Gasteiger partial charge is 0.459 e. The Kier molecular flexibility index (Phi) is 5.61. The van der Waals surface area contributed by atoms with Gasteiger partial charge in [0.2, 0.25) is 0 Å². The molecule has 0 unspecified atom stereocenters. The van der Waals surface area contributed by atoms with Crippen LogP contribution in [0.3, 0.4) is 0 Å². The lowest BCUT2D eigenvalue weighted by atomic mass is 10.00. The number of hydrogen-bond acceptors (Lipinski definition) is 4. The second kappa shape index (κ2) is 8.49. The van der Waals surface area contributed by atoms with E-state index < -0.39 is 17.5 Å². The van der Waals surface area contributed by atoms with Gasteiger partial charge in [-0.25, -0.2) is 8.78 Å². The lowest BCUT2D eigenvalue weighted by Crippen LogP contribution is -2.37. The second-order valence-electron chi connectivity index (χ2n) is 7.18. The third-order valence-corrected chi connectivity index (χ3v) is 5.01. The van der Waals surface area contributed by atoms with Crippen molar-refractivity contribution < 1.29 is 22.8 Å². The van der Waals surface area contributed by atoms with Crippen molar-refractivity contribution in [3.8, 4) is 0 Å². The molecule has 3 aromatic rings. The monoisotopic (exact) mass is 410 g/mol. The Morgan fingerprint density at radius 1 is 1.17 bits per heavy atom. The van der Waals surface area contributed by atoms with E-state index in [2.05, 4.69) is 5.16 Å². The van der Waals surface area contributed by atoms with Gasteiger partial charge in [-0.15, -0.1) is 0 Å². The minimum Gasteiger partial charge on any atom is -0.459 e. The molecule has 1 aliphatic heterocycles. The van der Waals surface area contributed by atoms with Crippen LogP contribution < -0.4 is 0 Å². The fourth-order valence-electron chi connectivity index (χ4n) is 3.46. The molecule has 1 aromatic heterocycles. The summed E-state index contributed by atoms with van der Waals surface area (Å²) in [6, 6.07) is 14.3. The average Bonchev–Trinajstić information content (AvgIpc) is 3.41. The Hall–Kier alpha value is -3.48. The minimum atomic E-state index is -0.712. The van der Waals surface area contributed by atoms with Gasteiger partial charge in [0.05, 0.1) is 18.5 Å². The van der Waals surface area contributed by atoms with Gasteiger partial charge in [0, 0.05) is 30.2 Å². The highest BCUT2D eigenvalue weighted by atomic mass is 19.1. The molecule has 7 heteroatoms. The third kappa shape index (κ3) is 4.25. The highest BCUT2D eigenvalue weighted by Crippen LogP contribution is 2.22. The molecule has 0 spiro atoms. The zero-order valence-corrected chi connectivity index (χ0v) is 16.3. The SMILES string of the molecule is Cc1ccccc1C1=NO[C@H](CN(Cc2ccc(F)cc2F)C(=O)c2ccco2)C1. The number of furan rings is 1. The van der Waals surface area contributed by atoms with Crippen molar-refractivity contribution in [2.75, 3.05) is 6.54 Å². The van der Waals surface area contributed by atoms with Crippen LogP contribution in [0.1, 0.15) is 33.7 Å². The first kappa shape index (κ1) is 19.8. The molecule has 0 fully saturated rings. The number of halogens is 2. The summed E-state index contributed by atoms with van der Waals surface area (Å²) in [5.74, 6) is -1.65. The smallest absolute Gasteiger partial charge is 0.289 e. The first-order valence-corrected chi connectivity index (χ1v) is 9.56. The van der Waals surface area contributed by atoms with Gasteiger partial charge in [-0.2, -0.15) is 0 Å². The standard InChI is InChI=1S/C23H20F2N2O3/c1-15-5-2-3-6-19(15)21-12-18(30-26-21)14-27(23(28)22-7-4-10-29-22)13-16-8-9-17(24)11-20(16)25/h2-11,18H,12-14H2,1H3/t18-/m0/s1. The van der Waals surface area contributed by atoms with Crippen molar-refractivity contribution in [3.63, 3.8) is 0 Å². The molecule has 0 radical (unpaired) electrons. The number of aryl methyl sites for hydroxylation is 1. The Labute approximate surface area is 172 Å². The van der Waals surface area contributed by atoms with Crippen LogP contribution in [0.2, 0.25) is 0 Å². The molecule has 2 heterocycles. The van der Waals surface area contributed by atoms with Gasteiger partial charge in [0.1, 0.15) is 11.6 Å². The maximum absolute atomic E-state index is 14.2. The van der Waals surface area contributed by atoms with Gasteiger partial charge in [-0.3, -0.25) is 4.79 Å². The van der Waals surface area contributed by atoms with E-state index in [-0.39, 0.29) is 30.5 Å². The molecular formula is C23H20F2N2O3. The molecular weight excluding hydrogens is 390 g/mol. The van der Waals surface area contributed by atoms with Gasteiger partial charge >= 0.3 is 0 Å². The van der Waals surface area contributed by atoms with E-state index >= 15 is 0 Å². The third-order valence-electron chi connectivity index (χ3n) is 5.01. The number of rotatable bonds is 6. The molecule has 1 aliphatic rings. The van der Waals surface area contributed by atoms with Crippen LogP contribution in [0.15, 0.2) is 70.4 Å². The van der Waals surface area contributed by atoms with E-state index in [1.807, 2.05) is 31.2 Å². The van der Waals surface area contributed by atoms with Gasteiger partial charge in [-0.1, -0.05) is 35.5 Å². The molecule has 0 saturated carbocycles. The maximum atomic E-state index is 14.2. The molecule has 30 heavy (non-hydrogen) atoms. The second-order valence-corrected chi connectivity index (χ2v) is 7.18. The number of carbonyl (C=O) groups is 1. The summed E-state index contributed by atoms with van der Waals surface area (Å²) in [6.45, 7) is 2.12. The topological polar surface area (TPSA) is 55.0 Å². The molecule has 0 saturated heterocycles. The number of amides is 1. The predicted octanol–water partition coefficient (Wildman–Crippen LogP) is 4.70. The molecule has 1 atom stereocenters. The van der Waals surface area contributed by atoms with Crippen LogP contribution in [0.25, 0.3) is 0 Å². The molecule has 4 rings (SSSR count). The first-order valence-electron chi connectivity index (χ1n) is 9.56. The van der Waals surface area contributed by atoms with Crippen molar-refractivity contribution >= 4 is 11.6 Å². The Bertz CT molecular complexity index is 1080. The highest BCUT2D eigenvalue weighted by Gasteiger charge is 2.29. The van der Waals surface area contributed by atoms with Crippen LogP contribution in [0, 0.1) is 18.6 Å². The molecule has 2 aromatic carbocycles. The predicted molar refractivity (Wildman–Crippen MR) is 107 cm³/mol. The number of hydrogen-bond donors (Lipinski definition) is 0. The van der Waals surface area contributed by atoms with E-state index in [9.17, 15) is 13.6 Å². The minimum absolute atomic E-state index is 0.0504. The van der Waals surface area contributed by atoms with Crippen LogP contribution in [0.4, 0.5) is 8.78 Å². The van der Waals surface area contributed by atoms with Crippen molar-refractivity contribution in [2.24, 2.45) is 5.16 Å². The van der Waals surface area contributed by atoms with Crippen LogP contribution in [0.5, 0.6) is 0 Å².